The molecule has 17 heavy (non-hydrogen) atoms. The molecule has 0 aromatic heterocycles. The Bertz CT molecular complexity index is 233. The number of hydrogen-bond donors (Lipinski definition) is 1. The number of morpholine rings is 1. The van der Waals surface area contributed by atoms with Crippen LogP contribution in [0.25, 0.3) is 0 Å². The van der Waals surface area contributed by atoms with E-state index in [4.69, 9.17) is 4.74 Å². The molecule has 1 heterocycles. The Morgan fingerprint density at radius 2 is 2.06 bits per heavy atom. The number of carbonyl (C=O) groups is 1. The highest BCUT2D eigenvalue weighted by Gasteiger charge is 2.21. The van der Waals surface area contributed by atoms with Crippen LogP contribution < -0.4 is 5.32 Å². The van der Waals surface area contributed by atoms with Crippen LogP contribution in [-0.2, 0) is 9.53 Å². The summed E-state index contributed by atoms with van der Waals surface area (Å²) in [5.74, 6) is 0.199. The van der Waals surface area contributed by atoms with Gasteiger partial charge in [0.1, 0.15) is 0 Å². The molecule has 0 bridgehead atoms. The molecule has 0 spiro atoms. The van der Waals surface area contributed by atoms with Crippen LogP contribution in [0.4, 0.5) is 0 Å². The van der Waals surface area contributed by atoms with Crippen LogP contribution in [0.1, 0.15) is 20.3 Å². The summed E-state index contributed by atoms with van der Waals surface area (Å²) in [6.45, 7) is 7.85. The van der Waals surface area contributed by atoms with Gasteiger partial charge < -0.3 is 15.0 Å². The second-order valence-electron chi connectivity index (χ2n) is 4.45. The Hall–Kier alpha value is -0.260. The van der Waals surface area contributed by atoms with Crippen LogP contribution in [-0.4, -0.2) is 61.2 Å². The third kappa shape index (κ3) is 5.27. The monoisotopic (exact) mass is 260 g/mol. The smallest absolute Gasteiger partial charge is 0.239 e. The summed E-state index contributed by atoms with van der Waals surface area (Å²) in [6.07, 6.45) is 3.22. The van der Waals surface area contributed by atoms with Gasteiger partial charge in [0.05, 0.1) is 19.3 Å². The highest BCUT2D eigenvalue weighted by molar-refractivity contribution is 7.99. The van der Waals surface area contributed by atoms with Crippen molar-refractivity contribution in [2.45, 2.75) is 31.6 Å². The zero-order valence-corrected chi connectivity index (χ0v) is 11.9. The van der Waals surface area contributed by atoms with Crippen molar-refractivity contribution < 1.29 is 9.53 Å². The van der Waals surface area contributed by atoms with E-state index in [9.17, 15) is 4.79 Å². The zero-order chi connectivity index (χ0) is 12.7. The highest BCUT2D eigenvalue weighted by Crippen LogP contribution is 2.08. The van der Waals surface area contributed by atoms with Gasteiger partial charge in [0.2, 0.25) is 5.91 Å². The maximum absolute atomic E-state index is 12.0. The van der Waals surface area contributed by atoms with Gasteiger partial charge in [-0.1, -0.05) is 6.92 Å². The largest absolute Gasteiger partial charge is 0.378 e. The number of rotatable bonds is 6. The van der Waals surface area contributed by atoms with E-state index in [0.717, 1.165) is 26.1 Å². The number of hydrogen-bond acceptors (Lipinski definition) is 4. The predicted molar refractivity (Wildman–Crippen MR) is 72.5 cm³/mol. The van der Waals surface area contributed by atoms with Gasteiger partial charge in [0.15, 0.2) is 0 Å². The number of thioether (sulfide) groups is 1. The lowest BCUT2D eigenvalue weighted by molar-refractivity contribution is -0.137. The fraction of sp³-hybridized carbons (Fsp3) is 0.917. The van der Waals surface area contributed by atoms with Crippen LogP contribution in [0.3, 0.4) is 0 Å². The molecule has 0 aromatic carbocycles. The summed E-state index contributed by atoms with van der Waals surface area (Å²) in [7, 11) is 0. The number of ether oxygens (including phenoxy) is 1. The molecular formula is C12H24N2O2S. The molecule has 5 heteroatoms. The minimum Gasteiger partial charge on any atom is -0.378 e. The lowest BCUT2D eigenvalue weighted by atomic mass is 10.2. The van der Waals surface area contributed by atoms with Crippen molar-refractivity contribution in [2.75, 3.05) is 39.1 Å². The lowest BCUT2D eigenvalue weighted by Crippen LogP contribution is -2.49. The zero-order valence-electron chi connectivity index (χ0n) is 11.1. The van der Waals surface area contributed by atoms with Gasteiger partial charge in [-0.15, -0.1) is 0 Å². The highest BCUT2D eigenvalue weighted by atomic mass is 32.2. The first kappa shape index (κ1) is 14.8. The second kappa shape index (κ2) is 7.95. The van der Waals surface area contributed by atoms with E-state index < -0.39 is 0 Å². The molecule has 1 saturated heterocycles. The average Bonchev–Trinajstić information content (AvgIpc) is 2.38. The molecule has 0 aliphatic carbocycles. The molecule has 0 saturated carbocycles. The molecule has 4 nitrogen and oxygen atoms in total. The number of nitrogens with one attached hydrogen (secondary N) is 1. The van der Waals surface area contributed by atoms with Gasteiger partial charge in [0, 0.05) is 18.3 Å². The van der Waals surface area contributed by atoms with Crippen LogP contribution in [0.15, 0.2) is 0 Å². The molecule has 2 unspecified atom stereocenters. The van der Waals surface area contributed by atoms with Crippen molar-refractivity contribution in [3.63, 3.8) is 0 Å². The standard InChI is InChI=1S/C12H24N2O2S/c1-10(17-3)4-5-13-11(2)12(15)14-6-8-16-9-7-14/h10-11,13H,4-9H2,1-3H3. The summed E-state index contributed by atoms with van der Waals surface area (Å²) in [5, 5.41) is 3.95. The van der Waals surface area contributed by atoms with Gasteiger partial charge in [-0.3, -0.25) is 4.79 Å². The van der Waals surface area contributed by atoms with Crippen molar-refractivity contribution in [2.24, 2.45) is 0 Å². The molecule has 2 atom stereocenters. The van der Waals surface area contributed by atoms with Crippen LogP contribution in [0.5, 0.6) is 0 Å². The average molecular weight is 260 g/mol. The maximum Gasteiger partial charge on any atom is 0.239 e. The van der Waals surface area contributed by atoms with E-state index in [2.05, 4.69) is 18.5 Å². The van der Waals surface area contributed by atoms with Crippen LogP contribution in [0, 0.1) is 0 Å². The Balaban J connectivity index is 2.21. The Morgan fingerprint density at radius 1 is 1.41 bits per heavy atom. The predicted octanol–water partition coefficient (Wildman–Crippen LogP) is 0.965. The Kier molecular flexibility index (Phi) is 6.92. The summed E-state index contributed by atoms with van der Waals surface area (Å²) in [6, 6.07) is -0.0813. The molecule has 0 aromatic rings. The summed E-state index contributed by atoms with van der Waals surface area (Å²) >= 11 is 1.86. The van der Waals surface area contributed by atoms with Crippen molar-refractivity contribution in [1.82, 2.24) is 10.2 Å². The normalized spacial score (nSPS) is 20.1. The SMILES string of the molecule is CSC(C)CCNC(C)C(=O)N1CCOCC1. The first-order valence-corrected chi connectivity index (χ1v) is 7.56. The quantitative estimate of drug-likeness (QED) is 0.772. The second-order valence-corrected chi connectivity index (χ2v) is 5.72. The lowest BCUT2D eigenvalue weighted by Gasteiger charge is -2.29. The topological polar surface area (TPSA) is 41.6 Å². The van der Waals surface area contributed by atoms with E-state index in [-0.39, 0.29) is 11.9 Å². The molecule has 1 N–H and O–H groups in total. The van der Waals surface area contributed by atoms with Gasteiger partial charge in [-0.05, 0) is 26.1 Å². The van der Waals surface area contributed by atoms with E-state index >= 15 is 0 Å². The molecule has 1 aliphatic rings. The van der Waals surface area contributed by atoms with E-state index in [1.807, 2.05) is 23.6 Å². The first-order valence-electron chi connectivity index (χ1n) is 6.28. The fourth-order valence-electron chi connectivity index (χ4n) is 1.77. The van der Waals surface area contributed by atoms with Crippen molar-refractivity contribution in [3.8, 4) is 0 Å². The molecule has 1 rings (SSSR count). The molecule has 1 aliphatic heterocycles. The van der Waals surface area contributed by atoms with Gasteiger partial charge in [-0.25, -0.2) is 0 Å². The minimum absolute atomic E-state index is 0.0813. The summed E-state index contributed by atoms with van der Waals surface area (Å²) in [5.41, 5.74) is 0. The number of nitrogens with zero attached hydrogens (tertiary/aromatic N) is 1. The molecule has 100 valence electrons. The summed E-state index contributed by atoms with van der Waals surface area (Å²) in [4.78, 5) is 13.9. The number of carbonyl (C=O) groups excluding carboxylic acids is 1. The first-order chi connectivity index (χ1) is 8.15. The Morgan fingerprint density at radius 3 is 2.65 bits per heavy atom. The van der Waals surface area contributed by atoms with Crippen LogP contribution >= 0.6 is 11.8 Å². The molecule has 1 amide bonds. The van der Waals surface area contributed by atoms with Crippen LogP contribution in [0.2, 0.25) is 0 Å². The van der Waals surface area contributed by atoms with Crippen molar-refractivity contribution >= 4 is 17.7 Å². The third-order valence-corrected chi connectivity index (χ3v) is 4.14. The molecule has 1 fully saturated rings. The van der Waals surface area contributed by atoms with Gasteiger partial charge in [-0.2, -0.15) is 11.8 Å². The molecule has 0 radical (unpaired) electrons. The van der Waals surface area contributed by atoms with Gasteiger partial charge >= 0.3 is 0 Å². The van der Waals surface area contributed by atoms with Gasteiger partial charge in [0.25, 0.3) is 0 Å². The van der Waals surface area contributed by atoms with Crippen molar-refractivity contribution in [1.29, 1.82) is 0 Å². The Labute approximate surface area is 108 Å². The number of amides is 1. The van der Waals surface area contributed by atoms with E-state index in [0.29, 0.717) is 18.5 Å². The minimum atomic E-state index is -0.0813. The fourth-order valence-corrected chi connectivity index (χ4v) is 2.12. The van der Waals surface area contributed by atoms with Crippen molar-refractivity contribution in [3.05, 3.63) is 0 Å². The summed E-state index contributed by atoms with van der Waals surface area (Å²) < 4.78 is 5.24. The van der Waals surface area contributed by atoms with E-state index in [1.165, 1.54) is 0 Å². The maximum atomic E-state index is 12.0. The van der Waals surface area contributed by atoms with E-state index in [1.54, 1.807) is 0 Å². The molecular weight excluding hydrogens is 236 g/mol. The third-order valence-electron chi connectivity index (χ3n) is 3.10.